The van der Waals surface area contributed by atoms with Gasteiger partial charge in [0.15, 0.2) is 0 Å². The van der Waals surface area contributed by atoms with Gasteiger partial charge >= 0.3 is 0 Å². The summed E-state index contributed by atoms with van der Waals surface area (Å²) in [5, 5.41) is 0. The first-order valence-electron chi connectivity index (χ1n) is 3.93. The molecular weight excluding hydrogens is 138 g/mol. The van der Waals surface area contributed by atoms with Crippen LogP contribution in [0.25, 0.3) is 0 Å². The van der Waals surface area contributed by atoms with Gasteiger partial charge in [0.2, 0.25) is 0 Å². The molecule has 0 fully saturated rings. The van der Waals surface area contributed by atoms with E-state index in [4.69, 9.17) is 4.74 Å². The third-order valence-corrected chi connectivity index (χ3v) is 1.91. The first-order valence-corrected chi connectivity index (χ1v) is 3.93. The Morgan fingerprint density at radius 1 is 1.64 bits per heavy atom. The highest BCUT2D eigenvalue weighted by Gasteiger charge is 2.15. The zero-order valence-corrected chi connectivity index (χ0v) is 6.58. The molecule has 2 heteroatoms. The average molecular weight is 149 g/mol. The van der Waals surface area contributed by atoms with Crippen LogP contribution in [0.3, 0.4) is 0 Å². The lowest BCUT2D eigenvalue weighted by atomic mass is 10.0. The lowest BCUT2D eigenvalue weighted by Crippen LogP contribution is -2.18. The van der Waals surface area contributed by atoms with Crippen LogP contribution in [0.15, 0.2) is 18.3 Å². The highest BCUT2D eigenvalue weighted by Crippen LogP contribution is 2.23. The molecule has 1 aromatic rings. The molecule has 0 radical (unpaired) electrons. The smallest absolute Gasteiger partial charge is 0.140 e. The van der Waals surface area contributed by atoms with Crippen molar-refractivity contribution >= 4 is 0 Å². The number of pyridine rings is 1. The summed E-state index contributed by atoms with van der Waals surface area (Å²) in [6, 6.07) is 3.89. The van der Waals surface area contributed by atoms with Gasteiger partial charge in [-0.25, -0.2) is 0 Å². The zero-order valence-electron chi connectivity index (χ0n) is 6.58. The average Bonchev–Trinajstić information content (AvgIpc) is 2.04. The number of aromatic nitrogens is 1. The molecule has 1 aliphatic rings. The Labute approximate surface area is 66.2 Å². The Kier molecular flexibility index (Phi) is 1.53. The maximum atomic E-state index is 5.47. The van der Waals surface area contributed by atoms with Crippen molar-refractivity contribution in [2.75, 3.05) is 6.61 Å². The fourth-order valence-electron chi connectivity index (χ4n) is 1.33. The standard InChI is InChI=1S/C9H11NO/c1-7-5-8-9(11-6-7)3-2-4-10-8/h2-4,7H,5-6H2,1H3. The van der Waals surface area contributed by atoms with E-state index in [1.165, 1.54) is 0 Å². The van der Waals surface area contributed by atoms with E-state index in [1.54, 1.807) is 0 Å². The molecule has 0 aliphatic carbocycles. The quantitative estimate of drug-likeness (QED) is 0.559. The summed E-state index contributed by atoms with van der Waals surface area (Å²) in [7, 11) is 0. The van der Waals surface area contributed by atoms with Gasteiger partial charge < -0.3 is 4.74 Å². The third-order valence-electron chi connectivity index (χ3n) is 1.91. The minimum atomic E-state index is 0.609. The minimum absolute atomic E-state index is 0.609. The fraction of sp³-hybridized carbons (Fsp3) is 0.444. The molecule has 1 atom stereocenters. The molecule has 0 aromatic carbocycles. The Balaban J connectivity index is 2.34. The lowest BCUT2D eigenvalue weighted by molar-refractivity contribution is 0.230. The molecule has 0 saturated carbocycles. The molecule has 0 N–H and O–H groups in total. The van der Waals surface area contributed by atoms with Crippen LogP contribution in [0.1, 0.15) is 12.6 Å². The summed E-state index contributed by atoms with van der Waals surface area (Å²) in [4.78, 5) is 4.24. The number of hydrogen-bond donors (Lipinski definition) is 0. The maximum Gasteiger partial charge on any atom is 0.140 e. The van der Waals surface area contributed by atoms with Crippen LogP contribution in [-0.2, 0) is 6.42 Å². The summed E-state index contributed by atoms with van der Waals surface area (Å²) in [6.45, 7) is 3.01. The topological polar surface area (TPSA) is 22.1 Å². The first kappa shape index (κ1) is 6.65. The van der Waals surface area contributed by atoms with Crippen LogP contribution >= 0.6 is 0 Å². The Morgan fingerprint density at radius 3 is 3.45 bits per heavy atom. The monoisotopic (exact) mass is 149 g/mol. The normalized spacial score (nSPS) is 22.1. The Hall–Kier alpha value is -1.05. The van der Waals surface area contributed by atoms with Gasteiger partial charge in [0.1, 0.15) is 5.75 Å². The van der Waals surface area contributed by atoms with Crippen LogP contribution in [-0.4, -0.2) is 11.6 Å². The van der Waals surface area contributed by atoms with Gasteiger partial charge in [-0.2, -0.15) is 0 Å². The maximum absolute atomic E-state index is 5.47. The number of nitrogens with zero attached hydrogens (tertiary/aromatic N) is 1. The van der Waals surface area contributed by atoms with Crippen molar-refractivity contribution in [1.29, 1.82) is 0 Å². The second-order valence-corrected chi connectivity index (χ2v) is 3.07. The van der Waals surface area contributed by atoms with Gasteiger partial charge in [0.05, 0.1) is 12.3 Å². The molecule has 2 heterocycles. The van der Waals surface area contributed by atoms with E-state index in [1.807, 2.05) is 18.3 Å². The number of fused-ring (bicyclic) bond motifs is 1. The molecule has 11 heavy (non-hydrogen) atoms. The molecule has 1 aliphatic heterocycles. The summed E-state index contributed by atoms with van der Waals surface area (Å²) in [5.41, 5.74) is 1.10. The number of ether oxygens (including phenoxy) is 1. The van der Waals surface area contributed by atoms with Crippen molar-refractivity contribution in [3.05, 3.63) is 24.0 Å². The third kappa shape index (κ3) is 1.20. The van der Waals surface area contributed by atoms with E-state index < -0.39 is 0 Å². The molecule has 58 valence electrons. The van der Waals surface area contributed by atoms with Crippen molar-refractivity contribution < 1.29 is 4.74 Å². The largest absolute Gasteiger partial charge is 0.491 e. The molecule has 0 spiro atoms. The van der Waals surface area contributed by atoms with E-state index >= 15 is 0 Å². The molecule has 1 aromatic heterocycles. The molecule has 0 saturated heterocycles. The van der Waals surface area contributed by atoms with E-state index in [9.17, 15) is 0 Å². The lowest BCUT2D eigenvalue weighted by Gasteiger charge is -2.20. The predicted molar refractivity (Wildman–Crippen MR) is 42.6 cm³/mol. The van der Waals surface area contributed by atoms with Crippen LogP contribution in [0.4, 0.5) is 0 Å². The zero-order chi connectivity index (χ0) is 7.68. The van der Waals surface area contributed by atoms with Gasteiger partial charge in [-0.15, -0.1) is 0 Å². The molecule has 0 amide bonds. The summed E-state index contributed by atoms with van der Waals surface area (Å²) in [6.07, 6.45) is 2.87. The van der Waals surface area contributed by atoms with Crippen molar-refractivity contribution in [2.24, 2.45) is 5.92 Å². The van der Waals surface area contributed by atoms with Crippen LogP contribution in [0.5, 0.6) is 5.75 Å². The van der Waals surface area contributed by atoms with Gasteiger partial charge in [0.25, 0.3) is 0 Å². The highest BCUT2D eigenvalue weighted by molar-refractivity contribution is 5.28. The van der Waals surface area contributed by atoms with Crippen molar-refractivity contribution in [1.82, 2.24) is 4.98 Å². The Bertz CT molecular complexity index is 259. The van der Waals surface area contributed by atoms with Gasteiger partial charge in [-0.3, -0.25) is 4.98 Å². The molecule has 0 bridgehead atoms. The van der Waals surface area contributed by atoms with E-state index in [-0.39, 0.29) is 0 Å². The Morgan fingerprint density at radius 2 is 2.55 bits per heavy atom. The van der Waals surface area contributed by atoms with Gasteiger partial charge in [0, 0.05) is 6.20 Å². The second kappa shape index (κ2) is 2.53. The minimum Gasteiger partial charge on any atom is -0.491 e. The van der Waals surface area contributed by atoms with E-state index in [2.05, 4.69) is 11.9 Å². The first-order chi connectivity index (χ1) is 5.36. The van der Waals surface area contributed by atoms with Crippen LogP contribution in [0.2, 0.25) is 0 Å². The summed E-state index contributed by atoms with van der Waals surface area (Å²) < 4.78 is 5.47. The molecule has 1 unspecified atom stereocenters. The molecule has 2 nitrogen and oxygen atoms in total. The van der Waals surface area contributed by atoms with E-state index in [0.717, 1.165) is 24.5 Å². The molecule has 2 rings (SSSR count). The van der Waals surface area contributed by atoms with Crippen LogP contribution < -0.4 is 4.74 Å². The van der Waals surface area contributed by atoms with Crippen molar-refractivity contribution in [3.63, 3.8) is 0 Å². The number of hydrogen-bond acceptors (Lipinski definition) is 2. The molecular formula is C9H11NO. The SMILES string of the molecule is CC1COc2cccnc2C1. The van der Waals surface area contributed by atoms with Gasteiger partial charge in [-0.1, -0.05) is 6.92 Å². The summed E-state index contributed by atoms with van der Waals surface area (Å²) >= 11 is 0. The number of rotatable bonds is 0. The van der Waals surface area contributed by atoms with Crippen molar-refractivity contribution in [3.8, 4) is 5.75 Å². The summed E-state index contributed by atoms with van der Waals surface area (Å²) in [5.74, 6) is 1.57. The fourth-order valence-corrected chi connectivity index (χ4v) is 1.33. The predicted octanol–water partition coefficient (Wildman–Crippen LogP) is 1.65. The van der Waals surface area contributed by atoms with Crippen LogP contribution in [0, 0.1) is 5.92 Å². The van der Waals surface area contributed by atoms with E-state index in [0.29, 0.717) is 5.92 Å². The van der Waals surface area contributed by atoms with Gasteiger partial charge in [-0.05, 0) is 24.5 Å². The van der Waals surface area contributed by atoms with Crippen molar-refractivity contribution in [2.45, 2.75) is 13.3 Å². The second-order valence-electron chi connectivity index (χ2n) is 3.07. The highest BCUT2D eigenvalue weighted by atomic mass is 16.5.